The van der Waals surface area contributed by atoms with Crippen LogP contribution in [0.15, 0.2) is 42.6 Å². The third-order valence-corrected chi connectivity index (χ3v) is 4.46. The summed E-state index contributed by atoms with van der Waals surface area (Å²) in [6, 6.07) is 9.90. The molecule has 136 valence electrons. The van der Waals surface area contributed by atoms with Crippen molar-refractivity contribution in [2.45, 2.75) is 6.54 Å². The molecular weight excluding hydrogens is 332 g/mol. The molecular formula is C19H22N4O3. The number of piperazine rings is 1. The predicted octanol–water partition coefficient (Wildman–Crippen LogP) is 1.46. The number of carboxylic acid groups (broad SMARTS) is 1. The number of benzene rings is 1. The van der Waals surface area contributed by atoms with Gasteiger partial charge in [-0.25, -0.2) is 9.78 Å². The average Bonchev–Trinajstić information content (AvgIpc) is 2.67. The quantitative estimate of drug-likeness (QED) is 0.846. The first-order chi connectivity index (χ1) is 12.5. The van der Waals surface area contributed by atoms with Crippen molar-refractivity contribution in [3.63, 3.8) is 0 Å². The Morgan fingerprint density at radius 3 is 2.50 bits per heavy atom. The lowest BCUT2D eigenvalue weighted by atomic mass is 10.1. The highest BCUT2D eigenvalue weighted by Gasteiger charge is 2.15. The number of hydrogen-bond donors (Lipinski definition) is 2. The molecule has 1 saturated heterocycles. The van der Waals surface area contributed by atoms with Gasteiger partial charge in [0.2, 0.25) is 0 Å². The Balaban J connectivity index is 1.57. The number of hydrogen-bond acceptors (Lipinski definition) is 5. The van der Waals surface area contributed by atoms with Crippen molar-refractivity contribution in [1.82, 2.24) is 15.2 Å². The number of nitrogens with one attached hydrogen (secondary N) is 1. The fourth-order valence-corrected chi connectivity index (χ4v) is 2.82. The summed E-state index contributed by atoms with van der Waals surface area (Å²) in [5.74, 6) is -0.415. The van der Waals surface area contributed by atoms with Crippen LogP contribution in [0.3, 0.4) is 0 Å². The molecule has 0 unspecified atom stereocenters. The summed E-state index contributed by atoms with van der Waals surface area (Å²) in [4.78, 5) is 32.2. The van der Waals surface area contributed by atoms with E-state index < -0.39 is 5.97 Å². The highest BCUT2D eigenvalue weighted by Crippen LogP contribution is 2.13. The maximum Gasteiger partial charge on any atom is 0.335 e. The van der Waals surface area contributed by atoms with E-state index in [0.29, 0.717) is 12.1 Å². The number of aromatic nitrogens is 1. The number of aromatic carboxylic acids is 1. The standard InChI is InChI=1S/C19H22N4O3/c1-22-7-9-23(10-8-22)17-6-5-14(12-20-17)13-21-18(24)15-3-2-4-16(11-15)19(25)26/h2-6,11-12H,7-10,13H2,1H3,(H,21,24)(H,25,26). The third-order valence-electron chi connectivity index (χ3n) is 4.46. The molecule has 1 fully saturated rings. The topological polar surface area (TPSA) is 85.8 Å². The lowest BCUT2D eigenvalue weighted by Crippen LogP contribution is -2.44. The molecule has 2 aromatic rings. The van der Waals surface area contributed by atoms with E-state index in [1.54, 1.807) is 18.3 Å². The smallest absolute Gasteiger partial charge is 0.335 e. The van der Waals surface area contributed by atoms with E-state index in [2.05, 4.69) is 27.1 Å². The SMILES string of the molecule is CN1CCN(c2ccc(CNC(=O)c3cccc(C(=O)O)c3)cn2)CC1. The van der Waals surface area contributed by atoms with E-state index in [1.807, 2.05) is 12.1 Å². The van der Waals surface area contributed by atoms with Gasteiger partial charge in [0.25, 0.3) is 5.91 Å². The van der Waals surface area contributed by atoms with Crippen LogP contribution in [0.2, 0.25) is 0 Å². The maximum atomic E-state index is 12.2. The first-order valence-corrected chi connectivity index (χ1v) is 8.53. The van der Waals surface area contributed by atoms with Crippen LogP contribution in [0.5, 0.6) is 0 Å². The summed E-state index contributed by atoms with van der Waals surface area (Å²) < 4.78 is 0. The van der Waals surface area contributed by atoms with Crippen LogP contribution in [0.4, 0.5) is 5.82 Å². The van der Waals surface area contributed by atoms with E-state index in [1.165, 1.54) is 12.1 Å². The molecule has 2 heterocycles. The number of carbonyl (C=O) groups excluding carboxylic acids is 1. The Morgan fingerprint density at radius 2 is 1.85 bits per heavy atom. The number of amides is 1. The van der Waals surface area contributed by atoms with Gasteiger partial charge in [-0.3, -0.25) is 4.79 Å². The Kier molecular flexibility index (Phi) is 5.48. The molecule has 1 aliphatic heterocycles. The zero-order valence-corrected chi connectivity index (χ0v) is 14.7. The summed E-state index contributed by atoms with van der Waals surface area (Å²) in [6.45, 7) is 4.30. The van der Waals surface area contributed by atoms with Gasteiger partial charge in [-0.2, -0.15) is 0 Å². The van der Waals surface area contributed by atoms with Gasteiger partial charge in [0.05, 0.1) is 5.56 Å². The molecule has 0 bridgehead atoms. The van der Waals surface area contributed by atoms with E-state index in [9.17, 15) is 9.59 Å². The van der Waals surface area contributed by atoms with Crippen LogP contribution >= 0.6 is 0 Å². The second-order valence-corrected chi connectivity index (χ2v) is 6.38. The van der Waals surface area contributed by atoms with Crippen LogP contribution in [-0.2, 0) is 6.54 Å². The monoisotopic (exact) mass is 354 g/mol. The number of likely N-dealkylation sites (N-methyl/N-ethyl adjacent to an activating group) is 1. The van der Waals surface area contributed by atoms with Gasteiger partial charge in [0.15, 0.2) is 0 Å². The Morgan fingerprint density at radius 1 is 1.12 bits per heavy atom. The van der Waals surface area contributed by atoms with Crippen molar-refractivity contribution in [2.75, 3.05) is 38.1 Å². The van der Waals surface area contributed by atoms with Gasteiger partial charge in [-0.05, 0) is 36.9 Å². The molecule has 1 aromatic carbocycles. The van der Waals surface area contributed by atoms with Crippen LogP contribution < -0.4 is 10.2 Å². The van der Waals surface area contributed by atoms with E-state index in [4.69, 9.17) is 5.11 Å². The highest BCUT2D eigenvalue weighted by atomic mass is 16.4. The van der Waals surface area contributed by atoms with Crippen molar-refractivity contribution in [2.24, 2.45) is 0 Å². The first-order valence-electron chi connectivity index (χ1n) is 8.53. The van der Waals surface area contributed by atoms with Gasteiger partial charge >= 0.3 is 5.97 Å². The molecule has 1 aromatic heterocycles. The van der Waals surface area contributed by atoms with Crippen LogP contribution in [0, 0.1) is 0 Å². The molecule has 0 atom stereocenters. The largest absolute Gasteiger partial charge is 0.478 e. The van der Waals surface area contributed by atoms with E-state index >= 15 is 0 Å². The number of anilines is 1. The van der Waals surface area contributed by atoms with Crippen molar-refractivity contribution in [3.05, 3.63) is 59.3 Å². The average molecular weight is 354 g/mol. The zero-order chi connectivity index (χ0) is 18.5. The number of rotatable bonds is 5. The molecule has 1 amide bonds. The normalized spacial score (nSPS) is 14.9. The minimum Gasteiger partial charge on any atom is -0.478 e. The molecule has 3 rings (SSSR count). The summed E-state index contributed by atoms with van der Waals surface area (Å²) >= 11 is 0. The molecule has 2 N–H and O–H groups in total. The van der Waals surface area contributed by atoms with Crippen molar-refractivity contribution < 1.29 is 14.7 Å². The number of pyridine rings is 1. The van der Waals surface area contributed by atoms with Crippen LogP contribution in [0.25, 0.3) is 0 Å². The fraction of sp³-hybridized carbons (Fsp3) is 0.316. The molecule has 0 saturated carbocycles. The lowest BCUT2D eigenvalue weighted by molar-refractivity contribution is 0.0697. The van der Waals surface area contributed by atoms with Crippen molar-refractivity contribution >= 4 is 17.7 Å². The van der Waals surface area contributed by atoms with Gasteiger partial charge in [-0.15, -0.1) is 0 Å². The third kappa shape index (κ3) is 4.37. The van der Waals surface area contributed by atoms with Gasteiger partial charge < -0.3 is 20.2 Å². The lowest BCUT2D eigenvalue weighted by Gasteiger charge is -2.33. The minimum atomic E-state index is -1.05. The Labute approximate surface area is 152 Å². The van der Waals surface area contributed by atoms with Gasteiger partial charge in [0, 0.05) is 44.5 Å². The summed E-state index contributed by atoms with van der Waals surface area (Å²) in [7, 11) is 2.11. The van der Waals surface area contributed by atoms with Crippen molar-refractivity contribution in [1.29, 1.82) is 0 Å². The Bertz CT molecular complexity index is 784. The van der Waals surface area contributed by atoms with Crippen LogP contribution in [-0.4, -0.2) is 60.1 Å². The summed E-state index contributed by atoms with van der Waals surface area (Å²) in [6.07, 6.45) is 1.77. The predicted molar refractivity (Wildman–Crippen MR) is 98.5 cm³/mol. The minimum absolute atomic E-state index is 0.0934. The van der Waals surface area contributed by atoms with Gasteiger partial charge in [0.1, 0.15) is 5.82 Å². The zero-order valence-electron chi connectivity index (χ0n) is 14.7. The first kappa shape index (κ1) is 17.9. The van der Waals surface area contributed by atoms with E-state index in [0.717, 1.165) is 37.6 Å². The fourth-order valence-electron chi connectivity index (χ4n) is 2.82. The molecule has 7 heteroatoms. The second kappa shape index (κ2) is 7.97. The number of carbonyl (C=O) groups is 2. The molecule has 1 aliphatic rings. The molecule has 26 heavy (non-hydrogen) atoms. The van der Waals surface area contributed by atoms with Crippen molar-refractivity contribution in [3.8, 4) is 0 Å². The number of nitrogens with zero attached hydrogens (tertiary/aromatic N) is 3. The van der Waals surface area contributed by atoms with Gasteiger partial charge in [-0.1, -0.05) is 12.1 Å². The van der Waals surface area contributed by atoms with Crippen LogP contribution in [0.1, 0.15) is 26.3 Å². The highest BCUT2D eigenvalue weighted by molar-refractivity contribution is 5.97. The molecule has 0 aliphatic carbocycles. The second-order valence-electron chi connectivity index (χ2n) is 6.38. The maximum absolute atomic E-state index is 12.2. The van der Waals surface area contributed by atoms with E-state index in [-0.39, 0.29) is 11.5 Å². The molecule has 0 spiro atoms. The number of carboxylic acids is 1. The summed E-state index contributed by atoms with van der Waals surface area (Å²) in [5, 5.41) is 11.8. The summed E-state index contributed by atoms with van der Waals surface area (Å²) in [5.41, 5.74) is 1.31. The molecule has 7 nitrogen and oxygen atoms in total. The Hall–Kier alpha value is -2.93. The molecule has 0 radical (unpaired) electrons.